The van der Waals surface area contributed by atoms with Gasteiger partial charge in [0.1, 0.15) is 30.3 Å². The summed E-state index contributed by atoms with van der Waals surface area (Å²) in [5.74, 6) is -4.43. The predicted molar refractivity (Wildman–Crippen MR) is 177 cm³/mol. The van der Waals surface area contributed by atoms with Crippen molar-refractivity contribution in [1.29, 1.82) is 0 Å². The number of unbranched alkanes of at least 4 members (excludes halogenated alkanes) is 3. The van der Waals surface area contributed by atoms with Gasteiger partial charge in [-0.05, 0) is 50.4 Å². The first-order valence-electron chi connectivity index (χ1n) is 17.2. The van der Waals surface area contributed by atoms with Gasteiger partial charge in [0, 0.05) is 0 Å². The lowest BCUT2D eigenvalue weighted by molar-refractivity contribution is -0.160. The number of hydrogen-bond acceptors (Lipinski definition) is 7. The highest BCUT2D eigenvalue weighted by molar-refractivity contribution is 5.95. The summed E-state index contributed by atoms with van der Waals surface area (Å²) in [4.78, 5) is 79.0. The van der Waals surface area contributed by atoms with E-state index in [4.69, 9.17) is 4.74 Å². The molecule has 0 aromatic carbocycles. The van der Waals surface area contributed by atoms with Crippen molar-refractivity contribution >= 4 is 35.5 Å². The molecule has 0 radical (unpaired) electrons. The number of ether oxygens (including phenoxy) is 1. The third-order valence-electron chi connectivity index (χ3n) is 8.54. The standard InChI is InChI=1S/C34H61N5O7/c1-11-12-13-14-15-21(6)17-22(7)29-23(8)30(41)35-18-27(40)39-28(20(4)5)33(44)38-26(16-19(2)3)32(43)36-24(9)31(42)37-25(10)34(45)46-29/h19-26,28-29H,11-18H2,1-10H3,(H,35,41)(H,36,43)(H,37,42)(H,38,44)(H,39,40)/t21-,22-,23-,24+,25+,26-,28-,29+/m0/s1. The molecule has 5 amide bonds. The Labute approximate surface area is 276 Å². The largest absolute Gasteiger partial charge is 0.460 e. The van der Waals surface area contributed by atoms with E-state index < -0.39 is 71.7 Å². The molecular formula is C34H61N5O7. The molecule has 1 rings (SSSR count). The average molecular weight is 652 g/mol. The minimum atomic E-state index is -1.06. The molecule has 1 aliphatic heterocycles. The number of carbonyl (C=O) groups excluding carboxylic acids is 6. The molecule has 0 unspecified atom stereocenters. The first kappa shape index (κ1) is 40.8. The SMILES string of the molecule is CCCCCC[C@H](C)C[C@H](C)[C@H]1OC(=O)[C@@H](C)NC(=O)[C@@H](C)NC(=O)[C@H](CC(C)C)NC(=O)[C@H](C(C)C)NC(=O)CNC(=O)[C@H]1C. The highest BCUT2D eigenvalue weighted by atomic mass is 16.5. The number of hydrogen-bond donors (Lipinski definition) is 5. The van der Waals surface area contributed by atoms with Crippen LogP contribution >= 0.6 is 0 Å². The molecule has 5 N–H and O–H groups in total. The summed E-state index contributed by atoms with van der Waals surface area (Å²) in [6, 6.07) is -4.03. The Hall–Kier alpha value is -3.18. The van der Waals surface area contributed by atoms with E-state index in [1.165, 1.54) is 20.3 Å². The van der Waals surface area contributed by atoms with Gasteiger partial charge in [0.25, 0.3) is 0 Å². The van der Waals surface area contributed by atoms with Crippen LogP contribution in [0.2, 0.25) is 0 Å². The Morgan fingerprint density at radius 1 is 0.739 bits per heavy atom. The summed E-state index contributed by atoms with van der Waals surface area (Å²) in [7, 11) is 0. The van der Waals surface area contributed by atoms with E-state index >= 15 is 0 Å². The third-order valence-corrected chi connectivity index (χ3v) is 8.54. The van der Waals surface area contributed by atoms with Crippen LogP contribution in [0.3, 0.4) is 0 Å². The van der Waals surface area contributed by atoms with Gasteiger partial charge in [0.15, 0.2) is 0 Å². The van der Waals surface area contributed by atoms with E-state index in [9.17, 15) is 28.8 Å². The number of nitrogens with one attached hydrogen (secondary N) is 5. The van der Waals surface area contributed by atoms with Crippen molar-refractivity contribution in [2.75, 3.05) is 6.54 Å². The fraction of sp³-hybridized carbons (Fsp3) is 0.824. The highest BCUT2D eigenvalue weighted by Gasteiger charge is 2.36. The van der Waals surface area contributed by atoms with Crippen molar-refractivity contribution in [3.8, 4) is 0 Å². The molecule has 0 aliphatic carbocycles. The minimum Gasteiger partial charge on any atom is -0.460 e. The second-order valence-corrected chi connectivity index (χ2v) is 14.0. The van der Waals surface area contributed by atoms with E-state index in [0.717, 1.165) is 25.7 Å². The van der Waals surface area contributed by atoms with Crippen LogP contribution in [0.5, 0.6) is 0 Å². The maximum Gasteiger partial charge on any atom is 0.328 e. The molecule has 1 fully saturated rings. The molecule has 1 aliphatic rings. The molecule has 264 valence electrons. The first-order chi connectivity index (χ1) is 21.5. The molecule has 12 nitrogen and oxygen atoms in total. The molecule has 1 saturated heterocycles. The summed E-state index contributed by atoms with van der Waals surface area (Å²) >= 11 is 0. The van der Waals surface area contributed by atoms with Gasteiger partial charge in [0.05, 0.1) is 12.5 Å². The smallest absolute Gasteiger partial charge is 0.328 e. The van der Waals surface area contributed by atoms with Crippen molar-refractivity contribution in [2.24, 2.45) is 29.6 Å². The van der Waals surface area contributed by atoms with Crippen LogP contribution in [-0.2, 0) is 33.5 Å². The van der Waals surface area contributed by atoms with Crippen molar-refractivity contribution in [2.45, 2.75) is 144 Å². The maximum absolute atomic E-state index is 13.3. The van der Waals surface area contributed by atoms with Crippen LogP contribution in [0.1, 0.15) is 114 Å². The van der Waals surface area contributed by atoms with E-state index in [-0.39, 0.29) is 30.7 Å². The van der Waals surface area contributed by atoms with Crippen molar-refractivity contribution in [1.82, 2.24) is 26.6 Å². The molecule has 8 atom stereocenters. The Bertz CT molecular complexity index is 1030. The lowest BCUT2D eigenvalue weighted by atomic mass is 9.84. The van der Waals surface area contributed by atoms with E-state index in [1.54, 1.807) is 20.8 Å². The van der Waals surface area contributed by atoms with Crippen molar-refractivity contribution in [3.63, 3.8) is 0 Å². The van der Waals surface area contributed by atoms with Gasteiger partial charge in [-0.2, -0.15) is 0 Å². The molecule has 0 bridgehead atoms. The molecule has 1 heterocycles. The molecule has 0 spiro atoms. The van der Waals surface area contributed by atoms with Gasteiger partial charge in [-0.1, -0.05) is 87.5 Å². The number of rotatable bonds is 11. The van der Waals surface area contributed by atoms with Crippen LogP contribution in [-0.4, -0.2) is 72.3 Å². The molecule has 0 saturated carbocycles. The maximum atomic E-state index is 13.3. The molecule has 12 heteroatoms. The zero-order valence-electron chi connectivity index (χ0n) is 29.8. The molecular weight excluding hydrogens is 590 g/mol. The lowest BCUT2D eigenvalue weighted by Crippen LogP contribution is -2.58. The van der Waals surface area contributed by atoms with Crippen LogP contribution < -0.4 is 26.6 Å². The predicted octanol–water partition coefficient (Wildman–Crippen LogP) is 2.98. The van der Waals surface area contributed by atoms with Gasteiger partial charge < -0.3 is 31.3 Å². The quantitative estimate of drug-likeness (QED) is 0.169. The zero-order valence-corrected chi connectivity index (χ0v) is 29.8. The number of carbonyl (C=O) groups is 6. The number of cyclic esters (lactones) is 1. The monoisotopic (exact) mass is 651 g/mol. The zero-order chi connectivity index (χ0) is 35.1. The summed E-state index contributed by atoms with van der Waals surface area (Å²) in [6.07, 6.45) is 5.79. The van der Waals surface area contributed by atoms with Gasteiger partial charge in [0.2, 0.25) is 29.5 Å². The number of esters is 1. The normalized spacial score (nSPS) is 27.7. The fourth-order valence-corrected chi connectivity index (χ4v) is 5.73. The Morgan fingerprint density at radius 2 is 1.37 bits per heavy atom. The van der Waals surface area contributed by atoms with E-state index in [1.807, 2.05) is 20.8 Å². The first-order valence-corrected chi connectivity index (χ1v) is 17.2. The van der Waals surface area contributed by atoms with Gasteiger partial charge >= 0.3 is 5.97 Å². The second kappa shape index (κ2) is 20.1. The van der Waals surface area contributed by atoms with Crippen molar-refractivity contribution in [3.05, 3.63) is 0 Å². The van der Waals surface area contributed by atoms with E-state index in [2.05, 4.69) is 40.4 Å². The Balaban J connectivity index is 3.33. The fourth-order valence-electron chi connectivity index (χ4n) is 5.73. The summed E-state index contributed by atoms with van der Waals surface area (Å²) in [6.45, 7) is 17.8. The van der Waals surface area contributed by atoms with E-state index in [0.29, 0.717) is 12.3 Å². The van der Waals surface area contributed by atoms with Gasteiger partial charge in [-0.25, -0.2) is 4.79 Å². The van der Waals surface area contributed by atoms with Crippen LogP contribution in [0.25, 0.3) is 0 Å². The number of amides is 5. The summed E-state index contributed by atoms with van der Waals surface area (Å²) in [5, 5.41) is 13.3. The third kappa shape index (κ3) is 14.1. The summed E-state index contributed by atoms with van der Waals surface area (Å²) < 4.78 is 5.91. The molecule has 0 aromatic rings. The summed E-state index contributed by atoms with van der Waals surface area (Å²) in [5.41, 5.74) is 0. The average Bonchev–Trinajstić information content (AvgIpc) is 2.97. The topological polar surface area (TPSA) is 172 Å². The van der Waals surface area contributed by atoms with Crippen LogP contribution in [0, 0.1) is 29.6 Å². The minimum absolute atomic E-state index is 0.0280. The van der Waals surface area contributed by atoms with Gasteiger partial charge in [-0.15, -0.1) is 0 Å². The van der Waals surface area contributed by atoms with Crippen molar-refractivity contribution < 1.29 is 33.5 Å². The molecule has 46 heavy (non-hydrogen) atoms. The highest BCUT2D eigenvalue weighted by Crippen LogP contribution is 2.27. The van der Waals surface area contributed by atoms with Gasteiger partial charge in [-0.3, -0.25) is 24.0 Å². The van der Waals surface area contributed by atoms with Crippen LogP contribution in [0.4, 0.5) is 0 Å². The Kier molecular flexibility index (Phi) is 17.9. The lowest BCUT2D eigenvalue weighted by Gasteiger charge is -2.31. The second-order valence-electron chi connectivity index (χ2n) is 14.0. The Morgan fingerprint density at radius 3 is 1.96 bits per heavy atom. The molecule has 0 aromatic heterocycles. The van der Waals surface area contributed by atoms with Crippen LogP contribution in [0.15, 0.2) is 0 Å².